The van der Waals surface area contributed by atoms with Crippen molar-refractivity contribution in [3.63, 3.8) is 0 Å². The largest absolute Gasteiger partial charge is 0.494 e. The molecule has 6 amide bonds. The molecule has 0 unspecified atom stereocenters. The molecule has 0 aromatic heterocycles. The highest BCUT2D eigenvalue weighted by Crippen LogP contribution is 2.17. The van der Waals surface area contributed by atoms with Crippen LogP contribution in [-0.4, -0.2) is 48.7 Å². The minimum atomic E-state index is -0.524. The second-order valence-electron chi connectivity index (χ2n) is 9.41. The molecule has 14 nitrogen and oxygen atoms in total. The van der Waals surface area contributed by atoms with Crippen LogP contribution in [0.4, 0.5) is 11.4 Å². The van der Waals surface area contributed by atoms with Gasteiger partial charge in [0, 0.05) is 49.9 Å². The minimum absolute atomic E-state index is 0.0572. The Labute approximate surface area is 255 Å². The van der Waals surface area contributed by atoms with Gasteiger partial charge in [-0.2, -0.15) is 0 Å². The van der Waals surface area contributed by atoms with Crippen LogP contribution in [-0.2, 0) is 28.8 Å². The van der Waals surface area contributed by atoms with E-state index in [0.717, 1.165) is 0 Å². The number of amides is 6. The first-order valence-electron chi connectivity index (χ1n) is 14.4. The van der Waals surface area contributed by atoms with E-state index in [1.807, 2.05) is 13.8 Å². The summed E-state index contributed by atoms with van der Waals surface area (Å²) in [5, 5.41) is 5.35. The Morgan fingerprint density at radius 3 is 1.07 bits per heavy atom. The highest BCUT2D eigenvalue weighted by molar-refractivity contribution is 5.94. The number of nitrogens with one attached hydrogen (secondary N) is 6. The van der Waals surface area contributed by atoms with Crippen molar-refractivity contribution in [1.82, 2.24) is 21.7 Å². The second-order valence-corrected chi connectivity index (χ2v) is 9.41. The molecule has 0 saturated carbocycles. The molecule has 2 aromatic carbocycles. The van der Waals surface area contributed by atoms with Gasteiger partial charge in [0.2, 0.25) is 35.4 Å². The molecular formula is C30H40N6O8. The van der Waals surface area contributed by atoms with E-state index < -0.39 is 23.6 Å². The Morgan fingerprint density at radius 1 is 0.455 bits per heavy atom. The molecule has 0 heterocycles. The summed E-state index contributed by atoms with van der Waals surface area (Å²) in [5.74, 6) is -1.28. The van der Waals surface area contributed by atoms with E-state index in [2.05, 4.69) is 32.3 Å². The fraction of sp³-hybridized carbons (Fsp3) is 0.400. The van der Waals surface area contributed by atoms with Crippen LogP contribution in [0.3, 0.4) is 0 Å². The predicted molar refractivity (Wildman–Crippen MR) is 162 cm³/mol. The SMILES string of the molecule is CCOc1ccc(NC(=O)CCC(=O)NNC(=O)CCCCC(=O)NNC(=O)CCC(=O)Nc2ccc(OCC)cc2)cc1. The highest BCUT2D eigenvalue weighted by Gasteiger charge is 2.11. The number of benzene rings is 2. The molecule has 0 saturated heterocycles. The molecule has 14 heteroatoms. The molecule has 238 valence electrons. The molecule has 44 heavy (non-hydrogen) atoms. The van der Waals surface area contributed by atoms with Crippen LogP contribution in [0, 0.1) is 0 Å². The van der Waals surface area contributed by atoms with Crippen LogP contribution < -0.4 is 41.8 Å². The summed E-state index contributed by atoms with van der Waals surface area (Å²) in [5.41, 5.74) is 10.2. The van der Waals surface area contributed by atoms with Gasteiger partial charge in [0.05, 0.1) is 13.2 Å². The lowest BCUT2D eigenvalue weighted by atomic mass is 10.2. The third-order valence-corrected chi connectivity index (χ3v) is 5.80. The lowest BCUT2D eigenvalue weighted by Crippen LogP contribution is -2.42. The Morgan fingerprint density at radius 2 is 0.750 bits per heavy atom. The fourth-order valence-electron chi connectivity index (χ4n) is 3.60. The van der Waals surface area contributed by atoms with Gasteiger partial charge in [0.25, 0.3) is 0 Å². The van der Waals surface area contributed by atoms with Crippen molar-refractivity contribution in [3.05, 3.63) is 48.5 Å². The summed E-state index contributed by atoms with van der Waals surface area (Å²) < 4.78 is 10.7. The number of hydrogen-bond acceptors (Lipinski definition) is 8. The first-order chi connectivity index (χ1) is 21.2. The molecule has 0 radical (unpaired) electrons. The average Bonchev–Trinajstić information content (AvgIpc) is 3.01. The van der Waals surface area contributed by atoms with Crippen molar-refractivity contribution in [2.24, 2.45) is 0 Å². The molecular weight excluding hydrogens is 572 g/mol. The number of hydrogen-bond donors (Lipinski definition) is 6. The Hall–Kier alpha value is -5.14. The first kappa shape index (κ1) is 35.1. The van der Waals surface area contributed by atoms with Crippen LogP contribution in [0.2, 0.25) is 0 Å². The molecule has 0 aliphatic rings. The van der Waals surface area contributed by atoms with Gasteiger partial charge in [0.1, 0.15) is 11.5 Å². The molecule has 2 rings (SSSR count). The fourth-order valence-corrected chi connectivity index (χ4v) is 3.60. The monoisotopic (exact) mass is 612 g/mol. The number of rotatable bonds is 17. The summed E-state index contributed by atoms with van der Waals surface area (Å²) in [6.45, 7) is 4.81. The Balaban J connectivity index is 1.48. The van der Waals surface area contributed by atoms with Gasteiger partial charge < -0.3 is 20.1 Å². The van der Waals surface area contributed by atoms with Crippen molar-refractivity contribution >= 4 is 46.8 Å². The number of carbonyl (C=O) groups excluding carboxylic acids is 6. The van der Waals surface area contributed by atoms with Crippen LogP contribution in [0.15, 0.2) is 48.5 Å². The maximum Gasteiger partial charge on any atom is 0.238 e. The maximum absolute atomic E-state index is 12.0. The third-order valence-electron chi connectivity index (χ3n) is 5.80. The predicted octanol–water partition coefficient (Wildman–Crippen LogP) is 2.48. The summed E-state index contributed by atoms with van der Waals surface area (Å²) in [7, 11) is 0. The van der Waals surface area contributed by atoms with Gasteiger partial charge in [-0.1, -0.05) is 0 Å². The minimum Gasteiger partial charge on any atom is -0.494 e. The quantitative estimate of drug-likeness (QED) is 0.116. The third kappa shape index (κ3) is 15.2. The molecule has 0 spiro atoms. The van der Waals surface area contributed by atoms with E-state index in [-0.39, 0.29) is 50.3 Å². The zero-order chi connectivity index (χ0) is 32.2. The van der Waals surface area contributed by atoms with Gasteiger partial charge in [-0.25, -0.2) is 0 Å². The number of ether oxygens (including phenoxy) is 2. The summed E-state index contributed by atoms with van der Waals surface area (Å²) in [6, 6.07) is 13.7. The number of hydrazine groups is 2. The van der Waals surface area contributed by atoms with Crippen LogP contribution in [0.1, 0.15) is 65.2 Å². The van der Waals surface area contributed by atoms with Gasteiger partial charge in [-0.05, 0) is 75.2 Å². The van der Waals surface area contributed by atoms with Crippen molar-refractivity contribution in [2.75, 3.05) is 23.8 Å². The number of anilines is 2. The van der Waals surface area contributed by atoms with E-state index in [4.69, 9.17) is 9.47 Å². The number of carbonyl (C=O) groups is 6. The van der Waals surface area contributed by atoms with Crippen molar-refractivity contribution in [1.29, 1.82) is 0 Å². The van der Waals surface area contributed by atoms with E-state index in [1.165, 1.54) is 0 Å². The lowest BCUT2D eigenvalue weighted by Gasteiger charge is -2.09. The normalized spacial score (nSPS) is 10.1. The van der Waals surface area contributed by atoms with Crippen molar-refractivity contribution < 1.29 is 38.2 Å². The van der Waals surface area contributed by atoms with Crippen LogP contribution in [0.25, 0.3) is 0 Å². The molecule has 0 atom stereocenters. The van der Waals surface area contributed by atoms with E-state index in [0.29, 0.717) is 48.9 Å². The van der Waals surface area contributed by atoms with E-state index in [9.17, 15) is 28.8 Å². The highest BCUT2D eigenvalue weighted by atomic mass is 16.5. The molecule has 0 aliphatic carbocycles. The van der Waals surface area contributed by atoms with E-state index >= 15 is 0 Å². The summed E-state index contributed by atoms with van der Waals surface area (Å²) >= 11 is 0. The maximum atomic E-state index is 12.0. The van der Waals surface area contributed by atoms with Gasteiger partial charge in [0.15, 0.2) is 0 Å². The average molecular weight is 613 g/mol. The molecule has 0 fully saturated rings. The van der Waals surface area contributed by atoms with Crippen LogP contribution in [0.5, 0.6) is 11.5 Å². The Kier molecular flexibility index (Phi) is 15.8. The number of unbranched alkanes of at least 4 members (excludes halogenated alkanes) is 1. The van der Waals surface area contributed by atoms with E-state index in [1.54, 1.807) is 48.5 Å². The van der Waals surface area contributed by atoms with Gasteiger partial charge in [-0.3, -0.25) is 50.5 Å². The first-order valence-corrected chi connectivity index (χ1v) is 14.4. The van der Waals surface area contributed by atoms with Crippen molar-refractivity contribution in [2.45, 2.75) is 65.2 Å². The van der Waals surface area contributed by atoms with Gasteiger partial charge in [-0.15, -0.1) is 0 Å². The molecule has 2 aromatic rings. The Bertz CT molecular complexity index is 1150. The lowest BCUT2D eigenvalue weighted by molar-refractivity contribution is -0.130. The van der Waals surface area contributed by atoms with Crippen molar-refractivity contribution in [3.8, 4) is 11.5 Å². The smallest absolute Gasteiger partial charge is 0.238 e. The second kappa shape index (κ2) is 19.9. The standard InChI is InChI=1S/C30H40N6O8/c1-3-43-23-13-9-21(10-14-23)31-25(37)17-19-29(41)35-33-27(39)7-5-6-8-28(40)34-36-30(42)20-18-26(38)32-22-11-15-24(16-12-22)44-4-2/h9-16H,3-8,17-20H2,1-2H3,(H,31,37)(H,32,38)(H,33,39)(H,34,40)(H,35,41)(H,36,42). The zero-order valence-corrected chi connectivity index (χ0v) is 25.0. The zero-order valence-electron chi connectivity index (χ0n) is 25.0. The molecule has 0 bridgehead atoms. The van der Waals surface area contributed by atoms with Crippen LogP contribution >= 0.6 is 0 Å². The molecule has 6 N–H and O–H groups in total. The summed E-state index contributed by atoms with van der Waals surface area (Å²) in [6.07, 6.45) is 0.446. The summed E-state index contributed by atoms with van der Waals surface area (Å²) in [4.78, 5) is 71.8. The topological polar surface area (TPSA) is 193 Å². The molecule has 0 aliphatic heterocycles. The van der Waals surface area contributed by atoms with Gasteiger partial charge >= 0.3 is 0 Å².